The number of fused-ring (bicyclic) bond motifs is 1. The smallest absolute Gasteiger partial charge is 0.326 e. The van der Waals surface area contributed by atoms with Gasteiger partial charge in [-0.3, -0.25) is 4.79 Å². The Bertz CT molecular complexity index is 1020. The maximum atomic E-state index is 12.2. The van der Waals surface area contributed by atoms with Gasteiger partial charge < -0.3 is 15.4 Å². The van der Waals surface area contributed by atoms with Crippen LogP contribution in [-0.2, 0) is 21.8 Å². The monoisotopic (exact) mass is 393 g/mol. The summed E-state index contributed by atoms with van der Waals surface area (Å²) < 4.78 is 0. The summed E-state index contributed by atoms with van der Waals surface area (Å²) in [5, 5.41) is 21.9. The van der Waals surface area contributed by atoms with Gasteiger partial charge in [-0.1, -0.05) is 30.3 Å². The highest BCUT2D eigenvalue weighted by Gasteiger charge is 2.21. The Morgan fingerprint density at radius 3 is 2.64 bits per heavy atom. The van der Waals surface area contributed by atoms with Gasteiger partial charge in [-0.2, -0.15) is 5.26 Å². The lowest BCUT2D eigenvalue weighted by Crippen LogP contribution is -2.43. The largest absolute Gasteiger partial charge is 0.480 e. The lowest BCUT2D eigenvalue weighted by atomic mass is 10.1. The Hall–Kier alpha value is -3.24. The van der Waals surface area contributed by atoms with Crippen LogP contribution in [0.4, 0.5) is 0 Å². The van der Waals surface area contributed by atoms with E-state index in [2.05, 4.69) is 16.4 Å². The molecule has 1 aromatic heterocycles. The molecule has 2 aromatic carbocycles. The molecule has 1 atom stereocenters. The predicted octanol–water partition coefficient (Wildman–Crippen LogP) is 3.08. The minimum atomic E-state index is -1.06. The number of carbonyl (C=O) groups excluding carboxylic acids is 1. The Morgan fingerprint density at radius 2 is 1.93 bits per heavy atom. The molecule has 0 bridgehead atoms. The minimum absolute atomic E-state index is 0.164. The van der Waals surface area contributed by atoms with E-state index >= 15 is 0 Å². The van der Waals surface area contributed by atoms with E-state index in [0.717, 1.165) is 22.0 Å². The van der Waals surface area contributed by atoms with Gasteiger partial charge in [0.2, 0.25) is 5.91 Å². The average Bonchev–Trinajstić information content (AvgIpc) is 3.11. The molecule has 0 saturated carbocycles. The molecule has 3 N–H and O–H groups in total. The molecule has 0 radical (unpaired) electrons. The molecule has 0 saturated heterocycles. The molecule has 0 fully saturated rings. The summed E-state index contributed by atoms with van der Waals surface area (Å²) in [6.45, 7) is 0. The van der Waals surface area contributed by atoms with E-state index in [1.165, 1.54) is 11.8 Å². The Morgan fingerprint density at radius 1 is 1.18 bits per heavy atom. The van der Waals surface area contributed by atoms with Crippen LogP contribution in [0.2, 0.25) is 0 Å². The maximum absolute atomic E-state index is 12.2. The summed E-state index contributed by atoms with van der Waals surface area (Å²) in [5.41, 5.74) is 3.39. The first kappa shape index (κ1) is 19.5. The van der Waals surface area contributed by atoms with E-state index in [1.54, 1.807) is 18.3 Å². The number of aliphatic carboxylic acids is 1. The van der Waals surface area contributed by atoms with Crippen molar-refractivity contribution in [1.29, 1.82) is 5.26 Å². The Labute approximate surface area is 166 Å². The van der Waals surface area contributed by atoms with Crippen LogP contribution in [-0.4, -0.2) is 33.8 Å². The highest BCUT2D eigenvalue weighted by atomic mass is 32.2. The Kier molecular flexibility index (Phi) is 6.35. The van der Waals surface area contributed by atoms with E-state index in [-0.39, 0.29) is 18.1 Å². The lowest BCUT2D eigenvalue weighted by Gasteiger charge is -2.14. The topological polar surface area (TPSA) is 106 Å². The van der Waals surface area contributed by atoms with Gasteiger partial charge in [0, 0.05) is 29.3 Å². The van der Waals surface area contributed by atoms with Crippen molar-refractivity contribution >= 4 is 34.5 Å². The number of rotatable bonds is 8. The third-order valence-corrected chi connectivity index (χ3v) is 5.32. The first-order valence-corrected chi connectivity index (χ1v) is 9.86. The van der Waals surface area contributed by atoms with Gasteiger partial charge in [-0.05, 0) is 29.3 Å². The second kappa shape index (κ2) is 9.11. The highest BCUT2D eigenvalue weighted by Crippen LogP contribution is 2.19. The number of aromatic amines is 1. The van der Waals surface area contributed by atoms with Gasteiger partial charge in [0.1, 0.15) is 6.04 Å². The number of nitrogens with zero attached hydrogens (tertiary/aromatic N) is 1. The van der Waals surface area contributed by atoms with Crippen molar-refractivity contribution in [3.8, 4) is 6.07 Å². The van der Waals surface area contributed by atoms with Gasteiger partial charge >= 0.3 is 5.97 Å². The quantitative estimate of drug-likeness (QED) is 0.545. The Balaban J connectivity index is 1.54. The SMILES string of the molecule is N#Cc1ccc(CSCC(=O)NC(Cc2c[nH]c3ccccc23)C(=O)O)cc1. The maximum Gasteiger partial charge on any atom is 0.326 e. The number of hydrogen-bond acceptors (Lipinski definition) is 4. The molecule has 1 amide bonds. The van der Waals surface area contributed by atoms with Crippen LogP contribution in [0.3, 0.4) is 0 Å². The zero-order chi connectivity index (χ0) is 19.9. The average molecular weight is 393 g/mol. The van der Waals surface area contributed by atoms with Crippen LogP contribution < -0.4 is 5.32 Å². The summed E-state index contributed by atoms with van der Waals surface area (Å²) >= 11 is 1.40. The molecule has 142 valence electrons. The van der Waals surface area contributed by atoms with Crippen molar-refractivity contribution in [3.63, 3.8) is 0 Å². The van der Waals surface area contributed by atoms with Gasteiger partial charge in [0.05, 0.1) is 17.4 Å². The zero-order valence-electron chi connectivity index (χ0n) is 15.0. The lowest BCUT2D eigenvalue weighted by molar-refractivity contribution is -0.141. The minimum Gasteiger partial charge on any atom is -0.480 e. The highest BCUT2D eigenvalue weighted by molar-refractivity contribution is 7.99. The molecule has 0 aliphatic rings. The van der Waals surface area contributed by atoms with Gasteiger partial charge in [0.15, 0.2) is 0 Å². The van der Waals surface area contributed by atoms with Gasteiger partial charge in [-0.25, -0.2) is 4.79 Å². The summed E-state index contributed by atoms with van der Waals surface area (Å²) in [7, 11) is 0. The summed E-state index contributed by atoms with van der Waals surface area (Å²) in [5.74, 6) is -0.599. The number of thioether (sulfide) groups is 1. The van der Waals surface area contributed by atoms with E-state index in [0.29, 0.717) is 11.3 Å². The molecule has 0 aliphatic carbocycles. The molecule has 7 heteroatoms. The number of hydrogen-bond donors (Lipinski definition) is 3. The number of nitriles is 1. The number of carboxylic acids is 1. The van der Waals surface area contributed by atoms with Crippen molar-refractivity contribution in [2.45, 2.75) is 18.2 Å². The first-order chi connectivity index (χ1) is 13.6. The number of carbonyl (C=O) groups is 2. The van der Waals surface area contributed by atoms with E-state index in [1.807, 2.05) is 36.4 Å². The fraction of sp³-hybridized carbons (Fsp3) is 0.190. The number of H-pyrrole nitrogens is 1. The van der Waals surface area contributed by atoms with Crippen molar-refractivity contribution in [1.82, 2.24) is 10.3 Å². The van der Waals surface area contributed by atoms with Crippen molar-refractivity contribution in [2.24, 2.45) is 0 Å². The number of para-hydroxylation sites is 1. The fourth-order valence-electron chi connectivity index (χ4n) is 2.89. The fourth-order valence-corrected chi connectivity index (χ4v) is 3.69. The van der Waals surface area contributed by atoms with E-state index < -0.39 is 12.0 Å². The van der Waals surface area contributed by atoms with Crippen molar-refractivity contribution in [2.75, 3.05) is 5.75 Å². The number of amides is 1. The predicted molar refractivity (Wildman–Crippen MR) is 109 cm³/mol. The van der Waals surface area contributed by atoms with Crippen molar-refractivity contribution in [3.05, 3.63) is 71.4 Å². The van der Waals surface area contributed by atoms with E-state index in [9.17, 15) is 14.7 Å². The van der Waals surface area contributed by atoms with Crippen LogP contribution in [0.5, 0.6) is 0 Å². The third-order valence-electron chi connectivity index (χ3n) is 4.32. The molecule has 3 rings (SSSR count). The zero-order valence-corrected chi connectivity index (χ0v) is 15.8. The van der Waals surface area contributed by atoms with Crippen LogP contribution in [0.25, 0.3) is 10.9 Å². The standard InChI is InChI=1S/C21H19N3O3S/c22-10-14-5-7-15(8-6-14)12-28-13-20(25)24-19(21(26)27)9-16-11-23-18-4-2-1-3-17(16)18/h1-8,11,19,23H,9,12-13H2,(H,24,25)(H,26,27). The number of aromatic nitrogens is 1. The number of carboxylic acid groups (broad SMARTS) is 1. The second-order valence-corrected chi connectivity index (χ2v) is 7.31. The second-order valence-electron chi connectivity index (χ2n) is 6.32. The molecule has 0 aliphatic heterocycles. The first-order valence-electron chi connectivity index (χ1n) is 8.71. The van der Waals surface area contributed by atoms with E-state index in [4.69, 9.17) is 5.26 Å². The number of nitrogens with one attached hydrogen (secondary N) is 2. The molecule has 1 unspecified atom stereocenters. The van der Waals surface area contributed by atoms with Crippen LogP contribution in [0, 0.1) is 11.3 Å². The molecule has 6 nitrogen and oxygen atoms in total. The summed E-state index contributed by atoms with van der Waals surface area (Å²) in [6, 6.07) is 15.9. The van der Waals surface area contributed by atoms with Gasteiger partial charge in [-0.15, -0.1) is 11.8 Å². The molecule has 28 heavy (non-hydrogen) atoms. The molecule has 1 heterocycles. The molecular weight excluding hydrogens is 374 g/mol. The van der Waals surface area contributed by atoms with Crippen LogP contribution in [0.15, 0.2) is 54.7 Å². The summed E-state index contributed by atoms with van der Waals surface area (Å²) in [4.78, 5) is 26.9. The van der Waals surface area contributed by atoms with Crippen molar-refractivity contribution < 1.29 is 14.7 Å². The molecular formula is C21H19N3O3S. The molecule has 0 spiro atoms. The van der Waals surface area contributed by atoms with Gasteiger partial charge in [0.25, 0.3) is 0 Å². The normalized spacial score (nSPS) is 11.7. The summed E-state index contributed by atoms with van der Waals surface area (Å²) in [6.07, 6.45) is 2.00. The molecule has 3 aromatic rings. The number of benzene rings is 2. The van der Waals surface area contributed by atoms with Crippen LogP contribution in [0.1, 0.15) is 16.7 Å². The third kappa shape index (κ3) is 4.93. The van der Waals surface area contributed by atoms with Crippen LogP contribution >= 0.6 is 11.8 Å².